The minimum atomic E-state index is 0.166. The molecule has 0 radical (unpaired) electrons. The van der Waals surface area contributed by atoms with Crippen LogP contribution in [0.2, 0.25) is 0 Å². The van der Waals surface area contributed by atoms with E-state index in [1.165, 1.54) is 5.56 Å². The Balaban J connectivity index is 1.52. The van der Waals surface area contributed by atoms with Crippen LogP contribution in [-0.2, 0) is 13.1 Å². The number of likely N-dealkylation sites (tertiary alicyclic amines) is 1. The summed E-state index contributed by atoms with van der Waals surface area (Å²) in [4.78, 5) is 7.26. The molecule has 1 aliphatic rings. The van der Waals surface area contributed by atoms with Crippen molar-refractivity contribution in [2.45, 2.75) is 45.8 Å². The Morgan fingerprint density at radius 3 is 2.76 bits per heavy atom. The molecule has 1 aliphatic heterocycles. The van der Waals surface area contributed by atoms with Crippen molar-refractivity contribution in [2.75, 3.05) is 26.2 Å². The highest BCUT2D eigenvalue weighted by Crippen LogP contribution is 2.27. The predicted octanol–water partition coefficient (Wildman–Crippen LogP) is 3.57. The van der Waals surface area contributed by atoms with Crippen molar-refractivity contribution in [3.8, 4) is 11.5 Å². The molecule has 3 N–H and O–H groups in total. The predicted molar refractivity (Wildman–Crippen MR) is 120 cm³/mol. The molecule has 0 spiro atoms. The molecular weight excluding hydrogens is 384 g/mol. The summed E-state index contributed by atoms with van der Waals surface area (Å²) >= 11 is 1.77. The molecule has 2 aromatic rings. The summed E-state index contributed by atoms with van der Waals surface area (Å²) in [6, 6.07) is 8.05. The molecule has 7 heteroatoms. The molecule has 1 aromatic heterocycles. The molecule has 1 aromatic carbocycles. The quantitative estimate of drug-likeness (QED) is 0.453. The van der Waals surface area contributed by atoms with Crippen LogP contribution in [0.5, 0.6) is 11.5 Å². The van der Waals surface area contributed by atoms with Crippen LogP contribution in [-0.4, -0.2) is 48.2 Å². The van der Waals surface area contributed by atoms with Crippen LogP contribution >= 0.6 is 11.3 Å². The Bertz CT molecular complexity index is 771. The smallest absolute Gasteiger partial charge is 0.191 e. The zero-order chi connectivity index (χ0) is 20.5. The van der Waals surface area contributed by atoms with Crippen LogP contribution < -0.4 is 15.4 Å². The van der Waals surface area contributed by atoms with Gasteiger partial charge in [-0.2, -0.15) is 11.3 Å². The van der Waals surface area contributed by atoms with Gasteiger partial charge in [-0.3, -0.25) is 4.90 Å². The first-order valence-electron chi connectivity index (χ1n) is 10.4. The first kappa shape index (κ1) is 21.5. The van der Waals surface area contributed by atoms with E-state index in [0.717, 1.165) is 50.5 Å². The Morgan fingerprint density at radius 2 is 2.07 bits per heavy atom. The van der Waals surface area contributed by atoms with Crippen molar-refractivity contribution < 1.29 is 9.84 Å². The lowest BCUT2D eigenvalue weighted by Crippen LogP contribution is -2.48. The molecular formula is C22H32N4O2S. The fraction of sp³-hybridized carbons (Fsp3) is 0.500. The summed E-state index contributed by atoms with van der Waals surface area (Å²) in [5.74, 6) is 1.52. The first-order valence-corrected chi connectivity index (χ1v) is 11.3. The molecule has 6 nitrogen and oxygen atoms in total. The van der Waals surface area contributed by atoms with Crippen LogP contribution in [0.15, 0.2) is 40.0 Å². The average Bonchev–Trinajstić information content (AvgIpc) is 3.23. The van der Waals surface area contributed by atoms with E-state index in [1.807, 2.05) is 19.1 Å². The number of rotatable bonds is 8. The second kappa shape index (κ2) is 11.1. The molecule has 29 heavy (non-hydrogen) atoms. The number of benzene rings is 1. The van der Waals surface area contributed by atoms with Crippen LogP contribution in [0.3, 0.4) is 0 Å². The van der Waals surface area contributed by atoms with Crippen molar-refractivity contribution in [3.63, 3.8) is 0 Å². The van der Waals surface area contributed by atoms with Gasteiger partial charge in [-0.05, 0) is 66.8 Å². The Labute approximate surface area is 177 Å². The lowest BCUT2D eigenvalue weighted by Gasteiger charge is -2.33. The Hall–Kier alpha value is -2.25. The molecule has 0 bridgehead atoms. The zero-order valence-corrected chi connectivity index (χ0v) is 18.2. The van der Waals surface area contributed by atoms with Gasteiger partial charge in [0.05, 0.1) is 13.2 Å². The van der Waals surface area contributed by atoms with Crippen molar-refractivity contribution >= 4 is 17.3 Å². The molecule has 0 aliphatic carbocycles. The van der Waals surface area contributed by atoms with E-state index in [0.29, 0.717) is 24.9 Å². The largest absolute Gasteiger partial charge is 0.504 e. The van der Waals surface area contributed by atoms with Crippen LogP contribution in [0.1, 0.15) is 37.8 Å². The highest BCUT2D eigenvalue weighted by atomic mass is 32.1. The van der Waals surface area contributed by atoms with E-state index in [4.69, 9.17) is 9.73 Å². The van der Waals surface area contributed by atoms with E-state index >= 15 is 0 Å². The maximum absolute atomic E-state index is 9.86. The number of ether oxygens (including phenoxy) is 1. The molecule has 1 saturated heterocycles. The Kier molecular flexibility index (Phi) is 8.19. The lowest BCUT2D eigenvalue weighted by atomic mass is 10.0. The third-order valence-electron chi connectivity index (χ3n) is 5.00. The van der Waals surface area contributed by atoms with Gasteiger partial charge < -0.3 is 20.5 Å². The van der Waals surface area contributed by atoms with E-state index in [2.05, 4.69) is 39.3 Å². The number of guanidine groups is 1. The number of aliphatic imine (C=N–C) groups is 1. The molecule has 0 unspecified atom stereocenters. The zero-order valence-electron chi connectivity index (χ0n) is 17.4. The van der Waals surface area contributed by atoms with Gasteiger partial charge in [0.15, 0.2) is 17.5 Å². The highest BCUT2D eigenvalue weighted by Gasteiger charge is 2.20. The van der Waals surface area contributed by atoms with Crippen molar-refractivity contribution in [1.29, 1.82) is 0 Å². The number of hydrogen-bond donors (Lipinski definition) is 3. The summed E-state index contributed by atoms with van der Waals surface area (Å²) in [6.07, 6.45) is 2.23. The summed E-state index contributed by atoms with van der Waals surface area (Å²) in [6.45, 7) is 9.11. The van der Waals surface area contributed by atoms with Gasteiger partial charge in [0.2, 0.25) is 0 Å². The van der Waals surface area contributed by atoms with Gasteiger partial charge >= 0.3 is 0 Å². The summed E-state index contributed by atoms with van der Waals surface area (Å²) in [7, 11) is 0. The summed E-state index contributed by atoms with van der Waals surface area (Å²) in [5.41, 5.74) is 2.42. The van der Waals surface area contributed by atoms with Gasteiger partial charge in [0, 0.05) is 32.2 Å². The van der Waals surface area contributed by atoms with Gasteiger partial charge in [-0.25, -0.2) is 4.99 Å². The highest BCUT2D eigenvalue weighted by molar-refractivity contribution is 7.07. The molecule has 158 valence electrons. The van der Waals surface area contributed by atoms with E-state index in [1.54, 1.807) is 17.4 Å². The SMILES string of the molecule is CCNC(=NCc1ccc(O)c(OCC)c1)NC1CCN(Cc2ccsc2)CC1. The summed E-state index contributed by atoms with van der Waals surface area (Å²) in [5, 5.41) is 21.2. The molecule has 1 fully saturated rings. The van der Waals surface area contributed by atoms with E-state index < -0.39 is 0 Å². The average molecular weight is 417 g/mol. The molecule has 3 rings (SSSR count). The second-order valence-corrected chi connectivity index (χ2v) is 8.04. The standard InChI is InChI=1S/C22H32N4O2S/c1-3-23-22(24-14-17-5-6-20(27)21(13-17)28-4-2)25-19-7-10-26(11-8-19)15-18-9-12-29-16-18/h5-6,9,12-13,16,19,27H,3-4,7-8,10-11,14-15H2,1-2H3,(H2,23,24,25). The van der Waals surface area contributed by atoms with Crippen LogP contribution in [0, 0.1) is 0 Å². The molecule has 0 atom stereocenters. The van der Waals surface area contributed by atoms with E-state index in [9.17, 15) is 5.11 Å². The maximum atomic E-state index is 9.86. The van der Waals surface area contributed by atoms with Gasteiger partial charge in [-0.1, -0.05) is 6.07 Å². The van der Waals surface area contributed by atoms with Crippen molar-refractivity contribution in [2.24, 2.45) is 4.99 Å². The van der Waals surface area contributed by atoms with E-state index in [-0.39, 0.29) is 5.75 Å². The topological polar surface area (TPSA) is 69.1 Å². The maximum Gasteiger partial charge on any atom is 0.191 e. The van der Waals surface area contributed by atoms with Crippen LogP contribution in [0.25, 0.3) is 0 Å². The van der Waals surface area contributed by atoms with Crippen molar-refractivity contribution in [3.05, 3.63) is 46.2 Å². The number of phenolic OH excluding ortho intramolecular Hbond substituents is 1. The van der Waals surface area contributed by atoms with Crippen LogP contribution in [0.4, 0.5) is 0 Å². The normalized spacial score (nSPS) is 16.0. The molecule has 2 heterocycles. The minimum absolute atomic E-state index is 0.166. The molecule has 0 amide bonds. The fourth-order valence-electron chi connectivity index (χ4n) is 3.49. The second-order valence-electron chi connectivity index (χ2n) is 7.26. The van der Waals surface area contributed by atoms with Gasteiger partial charge in [-0.15, -0.1) is 0 Å². The number of piperidine rings is 1. The number of aromatic hydroxyl groups is 1. The summed E-state index contributed by atoms with van der Waals surface area (Å²) < 4.78 is 5.47. The third kappa shape index (κ3) is 6.65. The number of hydrogen-bond acceptors (Lipinski definition) is 5. The number of nitrogens with one attached hydrogen (secondary N) is 2. The third-order valence-corrected chi connectivity index (χ3v) is 5.73. The number of phenols is 1. The number of nitrogens with zero attached hydrogens (tertiary/aromatic N) is 2. The first-order chi connectivity index (χ1) is 14.2. The van der Waals surface area contributed by atoms with Gasteiger partial charge in [0.25, 0.3) is 0 Å². The fourth-order valence-corrected chi connectivity index (χ4v) is 4.15. The van der Waals surface area contributed by atoms with Crippen molar-refractivity contribution in [1.82, 2.24) is 15.5 Å². The lowest BCUT2D eigenvalue weighted by molar-refractivity contribution is 0.198. The number of thiophene rings is 1. The monoisotopic (exact) mass is 416 g/mol. The Morgan fingerprint density at radius 1 is 1.24 bits per heavy atom. The van der Waals surface area contributed by atoms with Gasteiger partial charge in [0.1, 0.15) is 0 Å². The minimum Gasteiger partial charge on any atom is -0.504 e. The molecule has 0 saturated carbocycles.